The highest BCUT2D eigenvalue weighted by molar-refractivity contribution is 6.32. The lowest BCUT2D eigenvalue weighted by molar-refractivity contribution is 0.409. The summed E-state index contributed by atoms with van der Waals surface area (Å²) < 4.78 is 5.40. The molecular formula is C20H26ClN5O. The van der Waals surface area contributed by atoms with Crippen LogP contribution in [-0.4, -0.2) is 50.8 Å². The molecule has 0 saturated carbocycles. The van der Waals surface area contributed by atoms with Gasteiger partial charge in [0.1, 0.15) is 11.6 Å². The third kappa shape index (κ3) is 5.04. The molecule has 6 nitrogen and oxygen atoms in total. The summed E-state index contributed by atoms with van der Waals surface area (Å²) in [4.78, 5) is 11.0. The maximum Gasteiger partial charge on any atom is 0.191 e. The van der Waals surface area contributed by atoms with Gasteiger partial charge in [-0.25, -0.2) is 4.98 Å². The molecule has 27 heavy (non-hydrogen) atoms. The van der Waals surface area contributed by atoms with Crippen LogP contribution in [0.3, 0.4) is 0 Å². The molecule has 144 valence electrons. The minimum Gasteiger partial charge on any atom is -0.496 e. The third-order valence-electron chi connectivity index (χ3n) is 4.67. The van der Waals surface area contributed by atoms with E-state index in [1.165, 1.54) is 5.56 Å². The van der Waals surface area contributed by atoms with E-state index < -0.39 is 0 Å². The van der Waals surface area contributed by atoms with Crippen LogP contribution in [0.2, 0.25) is 5.02 Å². The quantitative estimate of drug-likeness (QED) is 0.589. The van der Waals surface area contributed by atoms with Gasteiger partial charge in [-0.15, -0.1) is 0 Å². The Labute approximate surface area is 165 Å². The Morgan fingerprint density at radius 2 is 2.19 bits per heavy atom. The van der Waals surface area contributed by atoms with Crippen LogP contribution in [0.25, 0.3) is 0 Å². The summed E-state index contributed by atoms with van der Waals surface area (Å²) in [5.41, 5.74) is 1.18. The first-order valence-electron chi connectivity index (χ1n) is 9.16. The number of benzene rings is 1. The second-order valence-corrected chi connectivity index (χ2v) is 6.85. The Morgan fingerprint density at radius 1 is 1.33 bits per heavy atom. The van der Waals surface area contributed by atoms with Crippen molar-refractivity contribution in [3.63, 3.8) is 0 Å². The van der Waals surface area contributed by atoms with Crippen LogP contribution in [0.4, 0.5) is 5.82 Å². The zero-order valence-corrected chi connectivity index (χ0v) is 16.5. The van der Waals surface area contributed by atoms with Gasteiger partial charge in [0.15, 0.2) is 5.96 Å². The van der Waals surface area contributed by atoms with E-state index in [-0.39, 0.29) is 0 Å². The van der Waals surface area contributed by atoms with Crippen molar-refractivity contribution in [1.29, 1.82) is 0 Å². The summed E-state index contributed by atoms with van der Waals surface area (Å²) in [5.74, 6) is 2.58. The SMILES string of the molecule is CN=C(NCCc1ccccc1OC)NC1CCN(c2ncccc2Cl)C1. The standard InChI is InChI=1S/C20H26ClN5O/c1-22-20(24-12-9-15-6-3-4-8-18(15)27-2)25-16-10-13-26(14-16)19-17(21)7-5-11-23-19/h3-8,11,16H,9-10,12-14H2,1-2H3,(H2,22,24,25). The van der Waals surface area contributed by atoms with Gasteiger partial charge in [-0.2, -0.15) is 0 Å². The minimum absolute atomic E-state index is 0.306. The monoisotopic (exact) mass is 387 g/mol. The van der Waals surface area contributed by atoms with Crippen LogP contribution in [-0.2, 0) is 6.42 Å². The van der Waals surface area contributed by atoms with Crippen LogP contribution < -0.4 is 20.3 Å². The first-order valence-corrected chi connectivity index (χ1v) is 9.53. The van der Waals surface area contributed by atoms with Crippen molar-refractivity contribution >= 4 is 23.4 Å². The number of anilines is 1. The first kappa shape index (κ1) is 19.3. The first-order chi connectivity index (χ1) is 13.2. The zero-order chi connectivity index (χ0) is 19.1. The number of aliphatic imine (C=N–C) groups is 1. The van der Waals surface area contributed by atoms with Crippen LogP contribution in [0.15, 0.2) is 47.6 Å². The smallest absolute Gasteiger partial charge is 0.191 e. The van der Waals surface area contributed by atoms with Gasteiger partial charge in [0.2, 0.25) is 0 Å². The number of pyridine rings is 1. The average molecular weight is 388 g/mol. The predicted molar refractivity (Wildman–Crippen MR) is 111 cm³/mol. The molecule has 2 N–H and O–H groups in total. The second-order valence-electron chi connectivity index (χ2n) is 6.45. The summed E-state index contributed by atoms with van der Waals surface area (Å²) in [6.07, 6.45) is 3.66. The number of hydrogen-bond acceptors (Lipinski definition) is 4. The normalized spacial score (nSPS) is 17.1. The van der Waals surface area contributed by atoms with Gasteiger partial charge < -0.3 is 20.3 Å². The number of halogens is 1. The van der Waals surface area contributed by atoms with Crippen molar-refractivity contribution in [1.82, 2.24) is 15.6 Å². The summed E-state index contributed by atoms with van der Waals surface area (Å²) in [6.45, 7) is 2.55. The number of ether oxygens (including phenoxy) is 1. The van der Waals surface area contributed by atoms with E-state index in [1.807, 2.05) is 30.3 Å². The summed E-state index contributed by atoms with van der Waals surface area (Å²) in [6, 6.07) is 12.1. The van der Waals surface area contributed by atoms with Crippen molar-refractivity contribution in [2.45, 2.75) is 18.9 Å². The summed E-state index contributed by atoms with van der Waals surface area (Å²) in [5, 5.41) is 7.57. The molecule has 3 rings (SSSR count). The Balaban J connectivity index is 1.49. The maximum absolute atomic E-state index is 6.27. The van der Waals surface area contributed by atoms with E-state index in [0.717, 1.165) is 50.0 Å². The highest BCUT2D eigenvalue weighted by atomic mass is 35.5. The molecule has 1 saturated heterocycles. The molecule has 7 heteroatoms. The summed E-state index contributed by atoms with van der Waals surface area (Å²) >= 11 is 6.27. The Morgan fingerprint density at radius 3 is 2.96 bits per heavy atom. The molecule has 2 heterocycles. The van der Waals surface area contributed by atoms with Crippen molar-refractivity contribution in [2.75, 3.05) is 38.7 Å². The second kappa shape index (κ2) is 9.46. The molecule has 0 radical (unpaired) electrons. The molecule has 1 aromatic heterocycles. The molecule has 1 fully saturated rings. The van der Waals surface area contributed by atoms with Gasteiger partial charge in [-0.1, -0.05) is 29.8 Å². The van der Waals surface area contributed by atoms with E-state index in [9.17, 15) is 0 Å². The molecule has 1 aliphatic rings. The molecule has 1 unspecified atom stereocenters. The molecule has 0 aliphatic carbocycles. The molecule has 0 bridgehead atoms. The molecule has 1 atom stereocenters. The van der Waals surface area contributed by atoms with Gasteiger partial charge in [-0.05, 0) is 36.6 Å². The van der Waals surface area contributed by atoms with Gasteiger partial charge in [-0.3, -0.25) is 4.99 Å². The van der Waals surface area contributed by atoms with Crippen molar-refractivity contribution in [3.8, 4) is 5.75 Å². The Hall–Kier alpha value is -2.47. The lowest BCUT2D eigenvalue weighted by Gasteiger charge is -2.20. The number of nitrogens with one attached hydrogen (secondary N) is 2. The fourth-order valence-corrected chi connectivity index (χ4v) is 3.53. The molecular weight excluding hydrogens is 362 g/mol. The topological polar surface area (TPSA) is 61.8 Å². The molecule has 1 aromatic carbocycles. The van der Waals surface area contributed by atoms with Crippen molar-refractivity contribution in [3.05, 3.63) is 53.2 Å². The lowest BCUT2D eigenvalue weighted by Crippen LogP contribution is -2.45. The number of aromatic nitrogens is 1. The molecule has 0 amide bonds. The van der Waals surface area contributed by atoms with Gasteiger partial charge in [0.05, 0.1) is 12.1 Å². The molecule has 1 aliphatic heterocycles. The predicted octanol–water partition coefficient (Wildman–Crippen LogP) is 2.73. The minimum atomic E-state index is 0.306. The number of nitrogens with zero attached hydrogens (tertiary/aromatic N) is 3. The highest BCUT2D eigenvalue weighted by Crippen LogP contribution is 2.25. The lowest BCUT2D eigenvalue weighted by atomic mass is 10.1. The Kier molecular flexibility index (Phi) is 6.76. The number of guanidine groups is 1. The average Bonchev–Trinajstić information content (AvgIpc) is 3.16. The third-order valence-corrected chi connectivity index (χ3v) is 4.97. The number of methoxy groups -OCH3 is 1. The number of para-hydroxylation sites is 1. The number of rotatable bonds is 6. The van der Waals surface area contributed by atoms with Gasteiger partial charge in [0, 0.05) is 38.9 Å². The van der Waals surface area contributed by atoms with E-state index in [2.05, 4.69) is 31.6 Å². The van der Waals surface area contributed by atoms with Crippen molar-refractivity contribution < 1.29 is 4.74 Å². The van der Waals surface area contributed by atoms with E-state index >= 15 is 0 Å². The van der Waals surface area contributed by atoms with Crippen LogP contribution >= 0.6 is 11.6 Å². The van der Waals surface area contributed by atoms with Crippen molar-refractivity contribution in [2.24, 2.45) is 4.99 Å². The largest absolute Gasteiger partial charge is 0.496 e. The van der Waals surface area contributed by atoms with Gasteiger partial charge in [0.25, 0.3) is 0 Å². The van der Waals surface area contributed by atoms with Crippen LogP contribution in [0, 0.1) is 0 Å². The van der Waals surface area contributed by atoms with Gasteiger partial charge >= 0.3 is 0 Å². The van der Waals surface area contributed by atoms with Crippen LogP contribution in [0.1, 0.15) is 12.0 Å². The number of hydrogen-bond donors (Lipinski definition) is 2. The van der Waals surface area contributed by atoms with E-state index in [0.29, 0.717) is 11.1 Å². The Bertz CT molecular complexity index is 782. The zero-order valence-electron chi connectivity index (χ0n) is 15.8. The summed E-state index contributed by atoms with van der Waals surface area (Å²) in [7, 11) is 3.49. The highest BCUT2D eigenvalue weighted by Gasteiger charge is 2.25. The molecule has 2 aromatic rings. The van der Waals surface area contributed by atoms with Crippen LogP contribution in [0.5, 0.6) is 5.75 Å². The van der Waals surface area contributed by atoms with E-state index in [4.69, 9.17) is 16.3 Å². The molecule has 0 spiro atoms. The van der Waals surface area contributed by atoms with E-state index in [1.54, 1.807) is 20.4 Å². The maximum atomic E-state index is 6.27. The fraction of sp³-hybridized carbons (Fsp3) is 0.400. The fourth-order valence-electron chi connectivity index (χ4n) is 3.29.